The van der Waals surface area contributed by atoms with E-state index in [1.165, 1.54) is 29.6 Å². The highest BCUT2D eigenvalue weighted by Gasteiger charge is 2.27. The molecule has 0 atom stereocenters. The molecule has 30 heavy (non-hydrogen) atoms. The van der Waals surface area contributed by atoms with Crippen molar-refractivity contribution >= 4 is 36.0 Å². The van der Waals surface area contributed by atoms with Crippen LogP contribution in [-0.4, -0.2) is 54.5 Å². The number of ether oxygens (including phenoxy) is 2. The number of halogens is 1. The van der Waals surface area contributed by atoms with Crippen molar-refractivity contribution in [1.82, 2.24) is 9.03 Å². The Bertz CT molecular complexity index is 1080. The van der Waals surface area contributed by atoms with E-state index in [4.69, 9.17) is 9.47 Å². The SMILES string of the molecule is COc1ccc(Br)cc1S(=O)(=O)NCCOc1ccc(S(=O)(=O)N2CCCC2)cc1. The summed E-state index contributed by atoms with van der Waals surface area (Å²) >= 11 is 3.25. The molecule has 0 spiro atoms. The van der Waals surface area contributed by atoms with E-state index in [1.54, 1.807) is 24.3 Å². The molecule has 1 aliphatic heterocycles. The van der Waals surface area contributed by atoms with Gasteiger partial charge in [-0.25, -0.2) is 21.6 Å². The second-order valence-corrected chi connectivity index (χ2v) is 11.2. The monoisotopic (exact) mass is 518 g/mol. The summed E-state index contributed by atoms with van der Waals surface area (Å²) in [6.07, 6.45) is 1.75. The Morgan fingerprint density at radius 1 is 1.03 bits per heavy atom. The molecule has 1 fully saturated rings. The number of benzene rings is 2. The molecule has 1 N–H and O–H groups in total. The van der Waals surface area contributed by atoms with Crippen LogP contribution in [0.1, 0.15) is 12.8 Å². The van der Waals surface area contributed by atoms with Gasteiger partial charge >= 0.3 is 0 Å². The number of nitrogens with one attached hydrogen (secondary N) is 1. The van der Waals surface area contributed by atoms with Gasteiger partial charge in [-0.3, -0.25) is 0 Å². The minimum absolute atomic E-state index is 0.0239. The summed E-state index contributed by atoms with van der Waals surface area (Å²) in [6, 6.07) is 10.8. The third-order valence-electron chi connectivity index (χ3n) is 4.60. The van der Waals surface area contributed by atoms with Crippen molar-refractivity contribution in [1.29, 1.82) is 0 Å². The van der Waals surface area contributed by atoms with Gasteiger partial charge in [0.05, 0.1) is 12.0 Å². The molecule has 8 nitrogen and oxygen atoms in total. The van der Waals surface area contributed by atoms with Gasteiger partial charge < -0.3 is 9.47 Å². The van der Waals surface area contributed by atoms with Crippen LogP contribution in [0.3, 0.4) is 0 Å². The van der Waals surface area contributed by atoms with Crippen LogP contribution in [-0.2, 0) is 20.0 Å². The smallest absolute Gasteiger partial charge is 0.244 e. The summed E-state index contributed by atoms with van der Waals surface area (Å²) in [5.74, 6) is 0.691. The van der Waals surface area contributed by atoms with Gasteiger partial charge in [0.1, 0.15) is 23.0 Å². The minimum atomic E-state index is -3.79. The highest BCUT2D eigenvalue weighted by molar-refractivity contribution is 9.10. The summed E-state index contributed by atoms with van der Waals surface area (Å²) in [6.45, 7) is 1.20. The average molecular weight is 519 g/mol. The zero-order valence-corrected chi connectivity index (χ0v) is 19.6. The van der Waals surface area contributed by atoms with Gasteiger partial charge in [-0.2, -0.15) is 4.31 Å². The van der Waals surface area contributed by atoms with Crippen LogP contribution in [0.5, 0.6) is 11.5 Å². The Kier molecular flexibility index (Phi) is 7.40. The Morgan fingerprint density at radius 2 is 1.70 bits per heavy atom. The van der Waals surface area contributed by atoms with E-state index in [2.05, 4.69) is 20.7 Å². The zero-order chi connectivity index (χ0) is 21.8. The fourth-order valence-corrected chi connectivity index (χ4v) is 6.30. The Labute approximate surface area is 185 Å². The predicted octanol–water partition coefficient (Wildman–Crippen LogP) is 2.60. The van der Waals surface area contributed by atoms with Gasteiger partial charge in [0, 0.05) is 24.1 Å². The first kappa shape index (κ1) is 23.0. The van der Waals surface area contributed by atoms with Gasteiger partial charge in [-0.1, -0.05) is 15.9 Å². The van der Waals surface area contributed by atoms with Crippen LogP contribution < -0.4 is 14.2 Å². The molecule has 1 saturated heterocycles. The lowest BCUT2D eigenvalue weighted by Crippen LogP contribution is -2.28. The van der Waals surface area contributed by atoms with Gasteiger partial charge in [-0.15, -0.1) is 0 Å². The summed E-state index contributed by atoms with van der Waals surface area (Å²) in [5.41, 5.74) is 0. The van der Waals surface area contributed by atoms with Crippen LogP contribution >= 0.6 is 15.9 Å². The lowest BCUT2D eigenvalue weighted by molar-refractivity contribution is 0.322. The van der Waals surface area contributed by atoms with E-state index >= 15 is 0 Å². The van der Waals surface area contributed by atoms with Crippen molar-refractivity contribution in [3.63, 3.8) is 0 Å². The van der Waals surface area contributed by atoms with Gasteiger partial charge in [0.2, 0.25) is 20.0 Å². The largest absolute Gasteiger partial charge is 0.495 e. The molecule has 2 aromatic carbocycles. The fraction of sp³-hybridized carbons (Fsp3) is 0.368. The van der Waals surface area contributed by atoms with Gasteiger partial charge in [-0.05, 0) is 55.3 Å². The van der Waals surface area contributed by atoms with Crippen molar-refractivity contribution in [2.24, 2.45) is 0 Å². The topological polar surface area (TPSA) is 102 Å². The first-order valence-electron chi connectivity index (χ1n) is 9.30. The molecule has 0 aromatic heterocycles. The molecule has 0 saturated carbocycles. The van der Waals surface area contributed by atoms with Gasteiger partial charge in [0.15, 0.2) is 0 Å². The molecule has 11 heteroatoms. The van der Waals surface area contributed by atoms with Crippen LogP contribution in [0.25, 0.3) is 0 Å². The molecule has 164 valence electrons. The Morgan fingerprint density at radius 3 is 2.33 bits per heavy atom. The van der Waals surface area contributed by atoms with Crippen molar-refractivity contribution in [2.75, 3.05) is 33.4 Å². The Balaban J connectivity index is 1.56. The van der Waals surface area contributed by atoms with E-state index in [0.29, 0.717) is 23.3 Å². The first-order valence-corrected chi connectivity index (χ1v) is 13.0. The van der Waals surface area contributed by atoms with Gasteiger partial charge in [0.25, 0.3) is 0 Å². The maximum absolute atomic E-state index is 12.5. The number of hydrogen-bond donors (Lipinski definition) is 1. The maximum Gasteiger partial charge on any atom is 0.244 e. The molecule has 0 bridgehead atoms. The molecular formula is C19H23BrN2O6S2. The zero-order valence-electron chi connectivity index (χ0n) is 16.4. The molecule has 1 heterocycles. The number of rotatable bonds is 9. The van der Waals surface area contributed by atoms with Crippen molar-refractivity contribution in [3.8, 4) is 11.5 Å². The van der Waals surface area contributed by atoms with E-state index in [9.17, 15) is 16.8 Å². The summed E-state index contributed by atoms with van der Waals surface area (Å²) in [4.78, 5) is 0.245. The average Bonchev–Trinajstić information content (AvgIpc) is 3.27. The lowest BCUT2D eigenvalue weighted by atomic mass is 10.3. The Hall–Kier alpha value is -1.66. The molecule has 0 unspecified atom stereocenters. The first-order chi connectivity index (χ1) is 14.2. The second kappa shape index (κ2) is 9.65. The summed E-state index contributed by atoms with van der Waals surface area (Å²) in [5, 5.41) is 0. The second-order valence-electron chi connectivity index (χ2n) is 6.62. The highest BCUT2D eigenvalue weighted by Crippen LogP contribution is 2.27. The quantitative estimate of drug-likeness (QED) is 0.512. The van der Waals surface area contributed by atoms with Crippen molar-refractivity contribution in [3.05, 3.63) is 46.9 Å². The molecule has 1 aliphatic rings. The minimum Gasteiger partial charge on any atom is -0.495 e. The molecule has 3 rings (SSSR count). The maximum atomic E-state index is 12.5. The number of methoxy groups -OCH3 is 1. The summed E-state index contributed by atoms with van der Waals surface area (Å²) in [7, 11) is -5.85. The molecule has 2 aromatic rings. The van der Waals surface area contributed by atoms with Crippen LogP contribution in [0.15, 0.2) is 56.7 Å². The molecular weight excluding hydrogens is 496 g/mol. The number of nitrogens with zero attached hydrogens (tertiary/aromatic N) is 1. The molecule has 0 aliphatic carbocycles. The van der Waals surface area contributed by atoms with Crippen LogP contribution in [0, 0.1) is 0 Å². The molecule has 0 amide bonds. The van der Waals surface area contributed by atoms with E-state index in [-0.39, 0.29) is 28.7 Å². The van der Waals surface area contributed by atoms with E-state index in [0.717, 1.165) is 12.8 Å². The molecule has 0 radical (unpaired) electrons. The lowest BCUT2D eigenvalue weighted by Gasteiger charge is -2.15. The predicted molar refractivity (Wildman–Crippen MR) is 116 cm³/mol. The van der Waals surface area contributed by atoms with E-state index in [1.807, 2.05) is 0 Å². The number of hydrogen-bond acceptors (Lipinski definition) is 6. The van der Waals surface area contributed by atoms with Crippen molar-refractivity contribution in [2.45, 2.75) is 22.6 Å². The van der Waals surface area contributed by atoms with Crippen molar-refractivity contribution < 1.29 is 26.3 Å². The fourth-order valence-electron chi connectivity index (χ4n) is 3.07. The third-order valence-corrected chi connectivity index (χ3v) is 8.49. The standard InChI is InChI=1S/C19H23BrN2O6S2/c1-27-18-9-4-15(20)14-19(18)29(23,24)21-10-13-28-16-5-7-17(8-6-16)30(25,26)22-11-2-3-12-22/h4-9,14,21H,2-3,10-13H2,1H3. The third kappa shape index (κ3) is 5.33. The summed E-state index contributed by atoms with van der Waals surface area (Å²) < 4.78 is 65.3. The van der Waals surface area contributed by atoms with Crippen LogP contribution in [0.2, 0.25) is 0 Å². The van der Waals surface area contributed by atoms with E-state index < -0.39 is 20.0 Å². The normalized spacial score (nSPS) is 15.3. The van der Waals surface area contributed by atoms with Crippen LogP contribution in [0.4, 0.5) is 0 Å². The number of sulfonamides is 2. The highest BCUT2D eigenvalue weighted by atomic mass is 79.9.